The number of rotatable bonds is 9. The number of aryl methyl sites for hydroxylation is 1. The number of hydrogen-bond donors (Lipinski definition) is 3. The van der Waals surface area contributed by atoms with E-state index in [-0.39, 0.29) is 115 Å². The Morgan fingerprint density at radius 2 is 1.78 bits per heavy atom. The number of Topliss-reactive ketones (excluding diaryl/α,β-unsaturated/α-hetero) is 2. The average molecular weight is 737 g/mol. The molecule has 3 atom stereocenters. The summed E-state index contributed by atoms with van der Waals surface area (Å²) in [5.74, 6) is -0.585. The van der Waals surface area contributed by atoms with Gasteiger partial charge < -0.3 is 25.8 Å². The van der Waals surface area contributed by atoms with Gasteiger partial charge in [0.15, 0.2) is 23.6 Å². The summed E-state index contributed by atoms with van der Waals surface area (Å²) in [6.45, 7) is 5.02. The van der Waals surface area contributed by atoms with E-state index in [1.165, 1.54) is 6.92 Å². The summed E-state index contributed by atoms with van der Waals surface area (Å²) < 4.78 is 13.7. The van der Waals surface area contributed by atoms with Crippen LogP contribution >= 0.6 is 0 Å². The summed E-state index contributed by atoms with van der Waals surface area (Å²) >= 11 is 0. The van der Waals surface area contributed by atoms with E-state index < -0.39 is 36.1 Å². The Morgan fingerprint density at radius 1 is 1.16 bits per heavy atom. The van der Waals surface area contributed by atoms with Gasteiger partial charge in [0.25, 0.3) is 11.5 Å². The van der Waals surface area contributed by atoms with Crippen molar-refractivity contribution < 1.29 is 117 Å². The van der Waals surface area contributed by atoms with Crippen molar-refractivity contribution in [1.29, 1.82) is 0 Å². The number of anilines is 2. The molecule has 2 aromatic rings. The summed E-state index contributed by atoms with van der Waals surface area (Å²) in [6, 6.07) is 5.26. The van der Waals surface area contributed by atoms with E-state index in [0.717, 1.165) is 6.92 Å². The van der Waals surface area contributed by atoms with Crippen molar-refractivity contribution in [3.63, 3.8) is 0 Å². The Kier molecular flexibility index (Phi) is 16.4. The van der Waals surface area contributed by atoms with Crippen LogP contribution in [0.4, 0.5) is 21.6 Å². The van der Waals surface area contributed by atoms with Crippen LogP contribution in [0.2, 0.25) is 0 Å². The number of hydrogen-bond acceptors (Lipinski definition) is 7. The minimum atomic E-state index is -1.81. The van der Waals surface area contributed by atoms with E-state index in [0.29, 0.717) is 36.1 Å². The van der Waals surface area contributed by atoms with Gasteiger partial charge in [0.1, 0.15) is 11.5 Å². The van der Waals surface area contributed by atoms with Gasteiger partial charge in [-0.15, -0.1) is 12.2 Å². The van der Waals surface area contributed by atoms with Crippen molar-refractivity contribution in [3.8, 4) is 0 Å². The fraction of sp³-hybridized carbons (Fsp3) is 0.435. The smallest absolute Gasteiger partial charge is 0.276 e. The van der Waals surface area contributed by atoms with Gasteiger partial charge in [-0.05, 0) is 20.8 Å². The Labute approximate surface area is 290 Å². The number of H-pyrrole nitrogens is 1. The molecule has 10 nitrogen and oxygen atoms in total. The molecule has 1 aromatic carbocycles. The second-order valence-corrected chi connectivity index (χ2v) is 8.33. The van der Waals surface area contributed by atoms with Crippen LogP contribution in [0.5, 0.6) is 0 Å². The first-order valence-corrected chi connectivity index (χ1v) is 10.9. The van der Waals surface area contributed by atoms with Gasteiger partial charge in [0, 0.05) is 130 Å². The van der Waals surface area contributed by atoms with E-state index in [2.05, 4.69) is 25.9 Å². The summed E-state index contributed by atoms with van der Waals surface area (Å²) in [5, 5.41) is 10.2. The average Bonchev–Trinajstić information content (AvgIpc) is 2.77. The second-order valence-electron chi connectivity index (χ2n) is 8.33. The van der Waals surface area contributed by atoms with E-state index in [4.69, 9.17) is 0 Å². The summed E-state index contributed by atoms with van der Waals surface area (Å²) in [6.07, 6.45) is -2.21. The van der Waals surface area contributed by atoms with Crippen LogP contribution in [0.15, 0.2) is 29.1 Å². The third kappa shape index (κ3) is 9.91. The molecule has 1 aromatic heterocycles. The van der Waals surface area contributed by atoms with E-state index >= 15 is 0 Å². The quantitative estimate of drug-likeness (QED) is 0.358. The van der Waals surface area contributed by atoms with E-state index in [1.54, 1.807) is 31.2 Å². The minimum absolute atomic E-state index is 0. The van der Waals surface area contributed by atoms with Gasteiger partial charge in [0.2, 0.25) is 0 Å². The normalized spacial score (nSPS) is 15.3. The number of aromatic amines is 1. The maximum Gasteiger partial charge on any atom is 0.276 e. The number of amides is 1. The zero-order valence-electron chi connectivity index (χ0n) is 21.2. The maximum absolute atomic E-state index is 13.7. The molecule has 1 aliphatic heterocycles. The van der Waals surface area contributed by atoms with Gasteiger partial charge in [-0.2, -0.15) is 0 Å². The predicted octanol–water partition coefficient (Wildman–Crippen LogP) is 2.01. The topological polar surface area (TPSA) is 138 Å². The molecule has 2 unspecified atom stereocenters. The van der Waals surface area contributed by atoms with Gasteiger partial charge in [-0.25, -0.2) is 9.37 Å². The molecular formula is C23H28FN6O4Y3-. The number of aromatic nitrogens is 2. The molecule has 0 saturated carbocycles. The number of likely N-dealkylation sites (N-methyl/N-ethyl adjacent to an activating group) is 1. The molecular weight excluding hydrogens is 709 g/mol. The zero-order chi connectivity index (χ0) is 25.0. The first kappa shape index (κ1) is 36.6. The molecule has 0 spiro atoms. The monoisotopic (exact) mass is 737 g/mol. The molecule has 2 heterocycles. The van der Waals surface area contributed by atoms with Crippen LogP contribution in [-0.4, -0.2) is 65.8 Å². The maximum atomic E-state index is 13.7. The molecule has 3 radical (unpaired) electrons. The third-order valence-corrected chi connectivity index (χ3v) is 5.71. The Balaban J connectivity index is 0.00000432. The van der Waals surface area contributed by atoms with Crippen molar-refractivity contribution in [3.05, 3.63) is 51.3 Å². The van der Waals surface area contributed by atoms with Crippen molar-refractivity contribution in [2.75, 3.05) is 30.4 Å². The Bertz CT molecular complexity index is 1150. The Morgan fingerprint density at radius 3 is 2.35 bits per heavy atom. The van der Waals surface area contributed by atoms with E-state index in [1.807, 2.05) is 11.9 Å². The summed E-state index contributed by atoms with van der Waals surface area (Å²) in [5.41, 5.74) is 1.16. The number of halogens is 1. The number of nitrogens with one attached hydrogen (secondary N) is 3. The molecule has 3 N–H and O–H groups in total. The first-order chi connectivity index (χ1) is 16.1. The summed E-state index contributed by atoms with van der Waals surface area (Å²) in [4.78, 5) is 56.6. The summed E-state index contributed by atoms with van der Waals surface area (Å²) in [7, 11) is 1.82. The molecule has 14 heteroatoms. The number of benzene rings is 1. The Hall–Kier alpha value is -0.448. The van der Waals surface area contributed by atoms with Crippen molar-refractivity contribution in [1.82, 2.24) is 15.3 Å². The molecule has 37 heavy (non-hydrogen) atoms. The van der Waals surface area contributed by atoms with Crippen LogP contribution in [0.3, 0.4) is 0 Å². The van der Waals surface area contributed by atoms with Gasteiger partial charge in [0.05, 0.1) is 6.04 Å². The van der Waals surface area contributed by atoms with Gasteiger partial charge in [-0.1, -0.05) is 24.3 Å². The van der Waals surface area contributed by atoms with E-state index in [9.17, 15) is 23.6 Å². The van der Waals surface area contributed by atoms with Crippen LogP contribution in [0, 0.1) is 6.92 Å². The van der Waals surface area contributed by atoms with Crippen molar-refractivity contribution >= 4 is 34.7 Å². The molecule has 0 bridgehead atoms. The fourth-order valence-electron chi connectivity index (χ4n) is 3.62. The van der Waals surface area contributed by atoms with Crippen molar-refractivity contribution in [2.24, 2.45) is 0 Å². The molecule has 191 valence electrons. The molecule has 1 amide bonds. The predicted molar refractivity (Wildman–Crippen MR) is 127 cm³/mol. The first-order valence-electron chi connectivity index (χ1n) is 10.9. The standard InChI is InChI=1S/C23H29FN6O4.3Y/c1-12(31)18(24)9-19(13(2)32)29-22(33)15-5-7-16(8-6-15)25-10-17-11-26-21-20(30(17)4)23(34)28-14(3)27-21;;;/h5-8,17-19H,9-11H2,1-4H3,(H4,25,26,27,28,29,33,34);;;/p-1/t17?,18?,19-;;;/m1.../s1/i24-1;;;. The largest absolute Gasteiger partial charge is 0.683 e. The second kappa shape index (κ2) is 16.6. The minimum Gasteiger partial charge on any atom is -0.683 e. The van der Waals surface area contributed by atoms with Crippen LogP contribution in [0.25, 0.3) is 5.32 Å². The number of alkyl halides is 1. The van der Waals surface area contributed by atoms with Crippen LogP contribution in [0.1, 0.15) is 36.5 Å². The van der Waals surface area contributed by atoms with Gasteiger partial charge in [-0.3, -0.25) is 19.2 Å². The fourth-order valence-corrected chi connectivity index (χ4v) is 3.62. The molecule has 1 aliphatic rings. The number of carbonyl (C=O) groups excluding carboxylic acids is 3. The third-order valence-electron chi connectivity index (χ3n) is 5.71. The van der Waals surface area contributed by atoms with Crippen molar-refractivity contribution in [2.45, 2.75) is 45.4 Å². The van der Waals surface area contributed by atoms with Crippen LogP contribution in [-0.2, 0) is 108 Å². The molecule has 0 saturated heterocycles. The van der Waals surface area contributed by atoms with Crippen LogP contribution < -0.4 is 21.1 Å². The molecule has 3 rings (SSSR count). The zero-order valence-corrected chi connectivity index (χ0v) is 29.8. The number of nitrogens with zero attached hydrogens (tertiary/aromatic N) is 3. The SMILES string of the molecule is CC(=O)C([18F])C[C@@H](NC(=O)c1ccc([N-]CC2CNc3nc(C)[nH]c(=O)c3N2C)cc1)C(C)=O.[Y].[Y].[Y]. The number of ketones is 2. The number of fused-ring (bicyclic) bond motifs is 1. The van der Waals surface area contributed by atoms with Gasteiger partial charge >= 0.3 is 0 Å². The number of carbonyl (C=O) groups is 3. The molecule has 0 aliphatic carbocycles. The molecule has 0 fully saturated rings.